The summed E-state index contributed by atoms with van der Waals surface area (Å²) >= 11 is 6.32. The summed E-state index contributed by atoms with van der Waals surface area (Å²) in [6.45, 7) is 0.309. The first-order valence-electron chi connectivity index (χ1n) is 13.6. The molecule has 0 bridgehead atoms. The van der Waals surface area contributed by atoms with Crippen molar-refractivity contribution in [3.8, 4) is 0 Å². The summed E-state index contributed by atoms with van der Waals surface area (Å²) in [5.41, 5.74) is 1.74. The van der Waals surface area contributed by atoms with Crippen LogP contribution in [0.2, 0.25) is 5.02 Å². The van der Waals surface area contributed by atoms with Crippen LogP contribution in [-0.4, -0.2) is 75.1 Å². The van der Waals surface area contributed by atoms with Crippen molar-refractivity contribution in [2.75, 3.05) is 13.2 Å². The molecule has 0 unspecified atom stereocenters. The number of ether oxygens (including phenoxy) is 1. The standard InChI is InChI=1S/C22H25ClO5.C5H9NO2/c23-17-8-7-15(22-21(27)20(26)19(25)18(11-24)28-22)10-16(17)9-12-1-3-13(4-2-12)14-5-6-14;7-5(8)4-2-1-3-6-4/h1-4,7-8,10,14,18-22,24-27H,5-6,9,11H2;4,6H,1-3H2,(H,7,8)/t18-,19-,20+,21-,22+;4-/m10/s1/i9D2,14D;. The van der Waals surface area contributed by atoms with Crippen molar-refractivity contribution in [1.29, 1.82) is 0 Å². The van der Waals surface area contributed by atoms with Gasteiger partial charge in [0.15, 0.2) is 0 Å². The highest BCUT2D eigenvalue weighted by Gasteiger charge is 2.44. The molecular formula is C27H34ClNO7. The third kappa shape index (κ3) is 6.44. The van der Waals surface area contributed by atoms with Crippen LogP contribution in [0.1, 0.15) is 64.0 Å². The smallest absolute Gasteiger partial charge is 0.320 e. The van der Waals surface area contributed by atoms with Gasteiger partial charge in [-0.2, -0.15) is 0 Å². The number of halogens is 1. The lowest BCUT2D eigenvalue weighted by molar-refractivity contribution is -0.231. The highest BCUT2D eigenvalue weighted by Crippen LogP contribution is 2.40. The number of aliphatic carboxylic acids is 1. The molecular weight excluding hydrogens is 486 g/mol. The fraction of sp³-hybridized carbons (Fsp3) is 0.519. The van der Waals surface area contributed by atoms with Gasteiger partial charge < -0.3 is 35.6 Å². The van der Waals surface area contributed by atoms with Crippen molar-refractivity contribution < 1.29 is 39.2 Å². The molecule has 5 rings (SSSR count). The number of hydrogen-bond acceptors (Lipinski definition) is 7. The Balaban J connectivity index is 0.000000379. The molecule has 2 aliphatic heterocycles. The van der Waals surface area contributed by atoms with Gasteiger partial charge in [-0.1, -0.05) is 48.0 Å². The topological polar surface area (TPSA) is 139 Å². The minimum Gasteiger partial charge on any atom is -0.480 e. The summed E-state index contributed by atoms with van der Waals surface area (Å²) in [5, 5.41) is 51.3. The van der Waals surface area contributed by atoms with E-state index in [0.717, 1.165) is 37.8 Å². The fourth-order valence-corrected chi connectivity index (χ4v) is 4.55. The molecule has 3 aliphatic rings. The number of carboxylic acids is 1. The zero-order chi connectivity index (χ0) is 28.5. The molecule has 0 amide bonds. The highest BCUT2D eigenvalue weighted by molar-refractivity contribution is 6.31. The van der Waals surface area contributed by atoms with E-state index < -0.39 is 55.4 Å². The van der Waals surface area contributed by atoms with Crippen molar-refractivity contribution in [1.82, 2.24) is 5.32 Å². The third-order valence-corrected chi connectivity index (χ3v) is 6.97. The van der Waals surface area contributed by atoms with Gasteiger partial charge >= 0.3 is 5.97 Å². The molecule has 2 aromatic rings. The number of carbonyl (C=O) groups is 1. The predicted molar refractivity (Wildman–Crippen MR) is 134 cm³/mol. The summed E-state index contributed by atoms with van der Waals surface area (Å²) < 4.78 is 31.2. The Labute approximate surface area is 219 Å². The highest BCUT2D eigenvalue weighted by atomic mass is 35.5. The maximum absolute atomic E-state index is 10.4. The van der Waals surface area contributed by atoms with Crippen molar-refractivity contribution in [3.63, 3.8) is 0 Å². The minimum atomic E-state index is -1.97. The number of aliphatic hydroxyl groups excluding tert-OH is 4. The summed E-state index contributed by atoms with van der Waals surface area (Å²) in [6, 6.07) is 11.1. The van der Waals surface area contributed by atoms with Crippen LogP contribution in [0.5, 0.6) is 0 Å². The summed E-state index contributed by atoms with van der Waals surface area (Å²) in [6.07, 6.45) is -5.21. The van der Waals surface area contributed by atoms with E-state index in [-0.39, 0.29) is 16.6 Å². The SMILES string of the molecule is O=C(O)[C@@H]1CCCN1.[2H]C1(c2ccc(C([2H])([2H])c3cc([C@@H]4O[C@H](CO)[C@@H](O)[C@H](O)[C@H]4O)ccc3Cl)cc2)CC1. The first-order valence-corrected chi connectivity index (χ1v) is 12.4. The molecule has 8 nitrogen and oxygen atoms in total. The quantitative estimate of drug-likeness (QED) is 0.339. The molecule has 1 aliphatic carbocycles. The van der Waals surface area contributed by atoms with Gasteiger partial charge in [0.05, 0.1) is 6.61 Å². The summed E-state index contributed by atoms with van der Waals surface area (Å²) in [4.78, 5) is 10.1. The predicted octanol–water partition coefficient (Wildman–Crippen LogP) is 2.15. The minimum absolute atomic E-state index is 0.156. The molecule has 2 saturated heterocycles. The molecule has 3 fully saturated rings. The van der Waals surface area contributed by atoms with Crippen LogP contribution in [0.25, 0.3) is 0 Å². The molecule has 0 spiro atoms. The number of hydrogen-bond donors (Lipinski definition) is 6. The lowest BCUT2D eigenvalue weighted by atomic mass is 9.90. The Morgan fingerprint density at radius 2 is 1.75 bits per heavy atom. The number of aliphatic hydroxyl groups is 4. The molecule has 0 aromatic heterocycles. The fourth-order valence-electron chi connectivity index (χ4n) is 4.38. The monoisotopic (exact) mass is 522 g/mol. The Morgan fingerprint density at radius 3 is 2.31 bits per heavy atom. The maximum atomic E-state index is 10.4. The average Bonchev–Trinajstić information content (AvgIpc) is 3.43. The van der Waals surface area contributed by atoms with E-state index >= 15 is 0 Å². The van der Waals surface area contributed by atoms with Crippen LogP contribution in [0, 0.1) is 0 Å². The molecule has 36 heavy (non-hydrogen) atoms. The number of benzene rings is 2. The molecule has 196 valence electrons. The van der Waals surface area contributed by atoms with Crippen molar-refractivity contribution in [3.05, 3.63) is 69.7 Å². The van der Waals surface area contributed by atoms with Gasteiger partial charge in [0, 0.05) is 9.13 Å². The average molecular weight is 523 g/mol. The second-order valence-electron chi connectivity index (χ2n) is 9.28. The molecule has 6 atom stereocenters. The van der Waals surface area contributed by atoms with Crippen molar-refractivity contribution >= 4 is 17.6 Å². The van der Waals surface area contributed by atoms with Gasteiger partial charge in [-0.05, 0) is 72.8 Å². The van der Waals surface area contributed by atoms with Crippen LogP contribution in [0.3, 0.4) is 0 Å². The van der Waals surface area contributed by atoms with Crippen LogP contribution in [0.4, 0.5) is 0 Å². The largest absolute Gasteiger partial charge is 0.480 e. The molecule has 9 heteroatoms. The maximum Gasteiger partial charge on any atom is 0.320 e. The van der Waals surface area contributed by atoms with Crippen LogP contribution in [-0.2, 0) is 15.9 Å². The number of rotatable bonds is 6. The normalized spacial score (nSPS) is 32.4. The van der Waals surface area contributed by atoms with Gasteiger partial charge in [-0.25, -0.2) is 0 Å². The van der Waals surface area contributed by atoms with E-state index in [2.05, 4.69) is 5.32 Å². The first kappa shape index (κ1) is 23.1. The third-order valence-electron chi connectivity index (χ3n) is 6.64. The van der Waals surface area contributed by atoms with Crippen molar-refractivity contribution in [2.45, 2.75) is 74.5 Å². The van der Waals surface area contributed by atoms with Crippen LogP contribution in [0.15, 0.2) is 42.5 Å². The van der Waals surface area contributed by atoms with E-state index in [9.17, 15) is 25.2 Å². The van der Waals surface area contributed by atoms with Gasteiger partial charge in [-0.3, -0.25) is 4.79 Å². The number of nitrogens with one attached hydrogen (secondary N) is 1. The first-order chi connectivity index (χ1) is 18.4. The van der Waals surface area contributed by atoms with Crippen molar-refractivity contribution in [2.24, 2.45) is 0 Å². The second-order valence-corrected chi connectivity index (χ2v) is 9.69. The van der Waals surface area contributed by atoms with Gasteiger partial charge in [0.2, 0.25) is 0 Å². The molecule has 1 saturated carbocycles. The Bertz CT molecular complexity index is 1160. The molecule has 0 radical (unpaired) electrons. The lowest BCUT2D eigenvalue weighted by Gasteiger charge is -2.40. The Kier molecular flexibility index (Phi) is 7.70. The van der Waals surface area contributed by atoms with E-state index in [4.69, 9.17) is 25.6 Å². The molecule has 2 aromatic carbocycles. The summed E-state index contributed by atoms with van der Waals surface area (Å²) in [5.74, 6) is -1.28. The molecule has 2 heterocycles. The Morgan fingerprint density at radius 1 is 1.06 bits per heavy atom. The van der Waals surface area contributed by atoms with E-state index in [0.29, 0.717) is 11.1 Å². The van der Waals surface area contributed by atoms with Crippen LogP contribution < -0.4 is 5.32 Å². The van der Waals surface area contributed by atoms with Gasteiger partial charge in [-0.15, -0.1) is 0 Å². The van der Waals surface area contributed by atoms with E-state index in [1.165, 1.54) is 12.1 Å². The van der Waals surface area contributed by atoms with Crippen LogP contribution >= 0.6 is 11.6 Å². The van der Waals surface area contributed by atoms with E-state index in [1.807, 2.05) is 0 Å². The van der Waals surface area contributed by atoms with Gasteiger partial charge in [0.25, 0.3) is 0 Å². The lowest BCUT2D eigenvalue weighted by Crippen LogP contribution is -2.55. The summed E-state index contributed by atoms with van der Waals surface area (Å²) in [7, 11) is 0. The molecule has 6 N–H and O–H groups in total. The van der Waals surface area contributed by atoms with E-state index in [1.54, 1.807) is 30.3 Å². The zero-order valence-corrected chi connectivity index (χ0v) is 20.4. The Hall–Kier alpha value is -2.04. The van der Waals surface area contributed by atoms with Gasteiger partial charge in [0.1, 0.15) is 36.6 Å². The number of carboxylic acid groups (broad SMARTS) is 1. The second kappa shape index (κ2) is 12.0. The zero-order valence-electron chi connectivity index (χ0n) is 22.7.